The number of nitrogens with zero attached hydrogens (tertiary/aromatic N) is 2. The molecular formula is C18H24N2OS. The maximum Gasteiger partial charge on any atom is 0.123 e. The fourth-order valence-electron chi connectivity index (χ4n) is 3.12. The first-order valence-corrected chi connectivity index (χ1v) is 8.90. The molecule has 0 aliphatic carbocycles. The predicted molar refractivity (Wildman–Crippen MR) is 91.9 cm³/mol. The van der Waals surface area contributed by atoms with Crippen molar-refractivity contribution in [2.75, 3.05) is 19.7 Å². The van der Waals surface area contributed by atoms with Crippen LogP contribution in [0.2, 0.25) is 0 Å². The van der Waals surface area contributed by atoms with Gasteiger partial charge < -0.3 is 5.11 Å². The first-order valence-electron chi connectivity index (χ1n) is 8.08. The van der Waals surface area contributed by atoms with Crippen molar-refractivity contribution >= 4 is 11.3 Å². The smallest absolute Gasteiger partial charge is 0.123 e. The van der Waals surface area contributed by atoms with E-state index in [0.717, 1.165) is 43.9 Å². The van der Waals surface area contributed by atoms with Crippen molar-refractivity contribution in [1.29, 1.82) is 0 Å². The lowest BCUT2D eigenvalue weighted by Gasteiger charge is -2.40. The van der Waals surface area contributed by atoms with Gasteiger partial charge >= 0.3 is 0 Å². The molecule has 0 unspecified atom stereocenters. The summed E-state index contributed by atoms with van der Waals surface area (Å²) in [6.45, 7) is 5.66. The number of piperidine rings is 1. The van der Waals surface area contributed by atoms with E-state index < -0.39 is 0 Å². The Morgan fingerprint density at radius 2 is 1.95 bits per heavy atom. The molecule has 0 atom stereocenters. The Morgan fingerprint density at radius 1 is 1.23 bits per heavy atom. The fourth-order valence-corrected chi connectivity index (χ4v) is 4.08. The highest BCUT2D eigenvalue weighted by molar-refractivity contribution is 7.15. The van der Waals surface area contributed by atoms with Gasteiger partial charge in [-0.05, 0) is 37.8 Å². The zero-order valence-electron chi connectivity index (χ0n) is 13.2. The number of thiazole rings is 1. The number of aliphatic hydroxyl groups is 1. The predicted octanol–water partition coefficient (Wildman–Crippen LogP) is 3.79. The molecule has 1 aliphatic rings. The Labute approximate surface area is 136 Å². The van der Waals surface area contributed by atoms with Gasteiger partial charge in [0, 0.05) is 29.8 Å². The highest BCUT2D eigenvalue weighted by Gasteiger charge is 2.32. The van der Waals surface area contributed by atoms with E-state index in [0.29, 0.717) is 6.61 Å². The summed E-state index contributed by atoms with van der Waals surface area (Å²) in [4.78, 5) is 8.38. The zero-order chi connectivity index (χ0) is 15.4. The van der Waals surface area contributed by atoms with Crippen molar-refractivity contribution in [3.63, 3.8) is 0 Å². The molecule has 22 heavy (non-hydrogen) atoms. The van der Waals surface area contributed by atoms with Crippen LogP contribution >= 0.6 is 11.3 Å². The normalized spacial score (nSPS) is 18.5. The topological polar surface area (TPSA) is 36.4 Å². The minimum absolute atomic E-state index is 0.166. The van der Waals surface area contributed by atoms with Crippen LogP contribution in [-0.4, -0.2) is 34.7 Å². The number of rotatable bonds is 5. The van der Waals surface area contributed by atoms with E-state index in [1.165, 1.54) is 10.4 Å². The molecule has 0 bridgehead atoms. The Hall–Kier alpha value is -1.23. The van der Waals surface area contributed by atoms with Crippen LogP contribution < -0.4 is 0 Å². The molecule has 1 N–H and O–H groups in total. The summed E-state index contributed by atoms with van der Waals surface area (Å²) in [5.41, 5.74) is 1.36. The maximum absolute atomic E-state index is 9.62. The average Bonchev–Trinajstić information content (AvgIpc) is 3.05. The van der Waals surface area contributed by atoms with Crippen LogP contribution in [-0.2, 0) is 6.54 Å². The second-order valence-corrected chi connectivity index (χ2v) is 7.40. The standard InChI is InChI=1S/C18H24N2OS/c1-2-18(14-21)8-10-20(11-9-18)13-16-12-19-17(22-16)15-6-4-3-5-7-15/h3-7,12,21H,2,8-11,13-14H2,1H3. The molecular weight excluding hydrogens is 292 g/mol. The van der Waals surface area contributed by atoms with Crippen molar-refractivity contribution < 1.29 is 5.11 Å². The number of benzene rings is 1. The van der Waals surface area contributed by atoms with E-state index in [-0.39, 0.29) is 5.41 Å². The van der Waals surface area contributed by atoms with Gasteiger partial charge in [0.05, 0.1) is 0 Å². The quantitative estimate of drug-likeness (QED) is 0.911. The van der Waals surface area contributed by atoms with Crippen LogP contribution in [0.4, 0.5) is 0 Å². The van der Waals surface area contributed by atoms with Crippen LogP contribution in [0.25, 0.3) is 10.6 Å². The van der Waals surface area contributed by atoms with Crippen LogP contribution in [0.3, 0.4) is 0 Å². The maximum atomic E-state index is 9.62. The van der Waals surface area contributed by atoms with E-state index in [4.69, 9.17) is 0 Å². The summed E-state index contributed by atoms with van der Waals surface area (Å²) < 4.78 is 0. The van der Waals surface area contributed by atoms with Gasteiger partial charge in [-0.2, -0.15) is 0 Å². The lowest BCUT2D eigenvalue weighted by molar-refractivity contribution is 0.0385. The first kappa shape index (κ1) is 15.7. The molecule has 2 aromatic rings. The van der Waals surface area contributed by atoms with E-state index >= 15 is 0 Å². The van der Waals surface area contributed by atoms with Gasteiger partial charge in [-0.3, -0.25) is 4.90 Å². The second-order valence-electron chi connectivity index (χ2n) is 6.29. The summed E-state index contributed by atoms with van der Waals surface area (Å²) in [7, 11) is 0. The molecule has 0 amide bonds. The third kappa shape index (κ3) is 3.40. The molecule has 1 saturated heterocycles. The molecule has 118 valence electrons. The number of hydrogen-bond acceptors (Lipinski definition) is 4. The molecule has 0 spiro atoms. The van der Waals surface area contributed by atoms with Gasteiger partial charge in [0.2, 0.25) is 0 Å². The van der Waals surface area contributed by atoms with Crippen molar-refractivity contribution in [2.24, 2.45) is 5.41 Å². The molecule has 3 rings (SSSR count). The van der Waals surface area contributed by atoms with Gasteiger partial charge in [0.1, 0.15) is 5.01 Å². The van der Waals surface area contributed by atoms with Gasteiger partial charge in [0.25, 0.3) is 0 Å². The monoisotopic (exact) mass is 316 g/mol. The van der Waals surface area contributed by atoms with Crippen LogP contribution in [0.1, 0.15) is 31.1 Å². The molecule has 0 radical (unpaired) electrons. The SMILES string of the molecule is CCC1(CO)CCN(Cc2cnc(-c3ccccc3)s2)CC1. The number of hydrogen-bond donors (Lipinski definition) is 1. The summed E-state index contributed by atoms with van der Waals surface area (Å²) in [6, 6.07) is 10.4. The summed E-state index contributed by atoms with van der Waals surface area (Å²) in [5.74, 6) is 0. The Morgan fingerprint density at radius 3 is 2.59 bits per heavy atom. The first-order chi connectivity index (χ1) is 10.7. The molecule has 2 heterocycles. The van der Waals surface area contributed by atoms with Crippen molar-refractivity contribution in [2.45, 2.75) is 32.7 Å². The van der Waals surface area contributed by atoms with E-state index in [1.807, 2.05) is 12.3 Å². The molecule has 1 aromatic heterocycles. The lowest BCUT2D eigenvalue weighted by Crippen LogP contribution is -2.41. The molecule has 4 heteroatoms. The van der Waals surface area contributed by atoms with Gasteiger partial charge in [0.15, 0.2) is 0 Å². The minimum atomic E-state index is 0.166. The zero-order valence-corrected chi connectivity index (χ0v) is 14.0. The van der Waals surface area contributed by atoms with Crippen LogP contribution in [0.15, 0.2) is 36.5 Å². The molecule has 0 saturated carbocycles. The number of aromatic nitrogens is 1. The third-order valence-corrected chi connectivity index (χ3v) is 5.99. The summed E-state index contributed by atoms with van der Waals surface area (Å²) in [6.07, 6.45) is 5.30. The molecule has 1 aromatic carbocycles. The lowest BCUT2D eigenvalue weighted by atomic mass is 9.77. The third-order valence-electron chi connectivity index (χ3n) is 4.96. The molecule has 3 nitrogen and oxygen atoms in total. The van der Waals surface area contributed by atoms with Crippen molar-refractivity contribution in [1.82, 2.24) is 9.88 Å². The van der Waals surface area contributed by atoms with Crippen molar-refractivity contribution in [3.05, 3.63) is 41.4 Å². The van der Waals surface area contributed by atoms with Gasteiger partial charge in [-0.1, -0.05) is 37.3 Å². The Bertz CT molecular complexity index is 582. The number of aliphatic hydroxyl groups excluding tert-OH is 1. The van der Waals surface area contributed by atoms with E-state index in [1.54, 1.807) is 11.3 Å². The largest absolute Gasteiger partial charge is 0.396 e. The molecule has 1 fully saturated rings. The van der Waals surface area contributed by atoms with Gasteiger partial charge in [-0.25, -0.2) is 4.98 Å². The summed E-state index contributed by atoms with van der Waals surface area (Å²) >= 11 is 1.79. The van der Waals surface area contributed by atoms with Crippen molar-refractivity contribution in [3.8, 4) is 10.6 Å². The summed E-state index contributed by atoms with van der Waals surface area (Å²) in [5, 5.41) is 10.7. The highest BCUT2D eigenvalue weighted by Crippen LogP contribution is 2.35. The average molecular weight is 316 g/mol. The van der Waals surface area contributed by atoms with E-state index in [9.17, 15) is 5.11 Å². The van der Waals surface area contributed by atoms with E-state index in [2.05, 4.69) is 41.1 Å². The fraction of sp³-hybridized carbons (Fsp3) is 0.500. The molecule has 1 aliphatic heterocycles. The van der Waals surface area contributed by atoms with Crippen LogP contribution in [0.5, 0.6) is 0 Å². The number of likely N-dealkylation sites (tertiary alicyclic amines) is 1. The Balaban J connectivity index is 1.60. The highest BCUT2D eigenvalue weighted by atomic mass is 32.1. The Kier molecular flexibility index (Phi) is 4.91. The second kappa shape index (κ2) is 6.90. The van der Waals surface area contributed by atoms with Gasteiger partial charge in [-0.15, -0.1) is 11.3 Å². The van der Waals surface area contributed by atoms with Crippen LogP contribution in [0, 0.1) is 5.41 Å². The minimum Gasteiger partial charge on any atom is -0.396 e.